The molecule has 0 saturated heterocycles. The summed E-state index contributed by atoms with van der Waals surface area (Å²) < 4.78 is 5.68. The van der Waals surface area contributed by atoms with Gasteiger partial charge in [-0.2, -0.15) is 0 Å². The number of aliphatic hydroxyl groups excluding tert-OH is 2. The fourth-order valence-corrected chi connectivity index (χ4v) is 7.37. The van der Waals surface area contributed by atoms with Gasteiger partial charge in [0, 0.05) is 23.6 Å². The van der Waals surface area contributed by atoms with Gasteiger partial charge in [-0.3, -0.25) is 4.79 Å². The largest absolute Gasteiger partial charge is 0.462 e. The summed E-state index contributed by atoms with van der Waals surface area (Å²) in [7, 11) is 0. The number of hydrogen-bond acceptors (Lipinski definition) is 5. The third-order valence-corrected chi connectivity index (χ3v) is 10.0. The van der Waals surface area contributed by atoms with Crippen molar-refractivity contribution in [3.8, 4) is 0 Å². The summed E-state index contributed by atoms with van der Waals surface area (Å²) in [5.74, 6) is -0.298. The van der Waals surface area contributed by atoms with Crippen LogP contribution in [-0.2, 0) is 9.53 Å². The topological polar surface area (TPSA) is 87.0 Å². The van der Waals surface area contributed by atoms with Crippen LogP contribution < -0.4 is 0 Å². The smallest absolute Gasteiger partial charge is 0.302 e. The second kappa shape index (κ2) is 6.79. The molecule has 0 aromatic rings. The number of fused-ring (bicyclic) bond motifs is 5. The summed E-state index contributed by atoms with van der Waals surface area (Å²) in [6.07, 6.45) is 6.02. The van der Waals surface area contributed by atoms with Gasteiger partial charge in [0.25, 0.3) is 0 Å². The molecular weight excluding hydrogens is 424 g/mol. The van der Waals surface area contributed by atoms with E-state index in [2.05, 4.69) is 35.9 Å². The number of aliphatic hydroxyl groups is 3. The Morgan fingerprint density at radius 1 is 1.39 bits per heavy atom. The Balaban J connectivity index is 1.71. The Morgan fingerprint density at radius 2 is 2.11 bits per heavy atom. The molecule has 3 saturated carbocycles. The number of rotatable bonds is 3. The average Bonchev–Trinajstić information content (AvgIpc) is 2.61. The lowest BCUT2D eigenvalue weighted by Gasteiger charge is -2.66. The minimum Gasteiger partial charge on any atom is -0.462 e. The lowest BCUT2D eigenvalue weighted by Crippen LogP contribution is -2.69. The highest BCUT2D eigenvalue weighted by molar-refractivity contribution is 9.09. The molecule has 0 radical (unpaired) electrons. The Morgan fingerprint density at radius 3 is 2.68 bits per heavy atom. The lowest BCUT2D eigenvalue weighted by molar-refractivity contribution is -0.253. The van der Waals surface area contributed by atoms with Gasteiger partial charge < -0.3 is 20.1 Å². The molecule has 9 atom stereocenters. The molecule has 4 rings (SSSR count). The Hall–Kier alpha value is -0.430. The first-order valence-corrected chi connectivity index (χ1v) is 11.5. The van der Waals surface area contributed by atoms with Gasteiger partial charge in [-0.25, -0.2) is 0 Å². The van der Waals surface area contributed by atoms with Gasteiger partial charge in [-0.1, -0.05) is 41.4 Å². The van der Waals surface area contributed by atoms with Crippen LogP contribution >= 0.6 is 15.9 Å². The third-order valence-electron chi connectivity index (χ3n) is 8.65. The van der Waals surface area contributed by atoms with Crippen molar-refractivity contribution in [3.63, 3.8) is 0 Å². The highest BCUT2D eigenvalue weighted by Gasteiger charge is 2.67. The standard InChI is InChI=1S/C22H33BrO5/c1-12(25)28-17-10-21(3)14-4-6-20(2,19(23)11-24)9-13(14)16(26)8-18(21)22(27)7-5-15(17)22/h4,13,15-19,24,26-27H,5-11H2,1-3H3/t13-,15+,16-,17-,18+,19+,20+,21+,22-/m1/s1. The average molecular weight is 457 g/mol. The van der Waals surface area contributed by atoms with Gasteiger partial charge >= 0.3 is 5.97 Å². The van der Waals surface area contributed by atoms with Gasteiger partial charge in [0.15, 0.2) is 0 Å². The van der Waals surface area contributed by atoms with Crippen molar-refractivity contribution in [2.24, 2.45) is 28.6 Å². The van der Waals surface area contributed by atoms with Crippen molar-refractivity contribution in [3.05, 3.63) is 11.6 Å². The minimum atomic E-state index is -0.857. The quantitative estimate of drug-likeness (QED) is 0.345. The molecule has 0 amide bonds. The second-order valence-corrected chi connectivity index (χ2v) is 11.3. The van der Waals surface area contributed by atoms with Crippen LogP contribution in [0.5, 0.6) is 0 Å². The van der Waals surface area contributed by atoms with Crippen molar-refractivity contribution < 1.29 is 24.9 Å². The van der Waals surface area contributed by atoms with Crippen LogP contribution in [0, 0.1) is 28.6 Å². The van der Waals surface area contributed by atoms with Crippen LogP contribution in [0.25, 0.3) is 0 Å². The van der Waals surface area contributed by atoms with Crippen LogP contribution in [0.4, 0.5) is 0 Å². The number of halogens is 1. The molecule has 0 spiro atoms. The van der Waals surface area contributed by atoms with E-state index < -0.39 is 11.7 Å². The monoisotopic (exact) mass is 456 g/mol. The molecule has 0 heterocycles. The van der Waals surface area contributed by atoms with E-state index in [9.17, 15) is 20.1 Å². The van der Waals surface area contributed by atoms with Crippen molar-refractivity contribution in [2.75, 3.05) is 6.61 Å². The van der Waals surface area contributed by atoms with Gasteiger partial charge in [0.2, 0.25) is 0 Å². The van der Waals surface area contributed by atoms with Gasteiger partial charge in [-0.15, -0.1) is 0 Å². The number of alkyl halides is 1. The Kier molecular flexibility index (Phi) is 5.05. The van der Waals surface area contributed by atoms with Gasteiger partial charge in [0.05, 0.1) is 18.3 Å². The van der Waals surface area contributed by atoms with Crippen LogP contribution in [0.2, 0.25) is 0 Å². The lowest BCUT2D eigenvalue weighted by atomic mass is 9.41. The summed E-state index contributed by atoms with van der Waals surface area (Å²) in [5, 5.41) is 32.3. The highest BCUT2D eigenvalue weighted by atomic mass is 79.9. The molecule has 4 aliphatic carbocycles. The van der Waals surface area contributed by atoms with E-state index in [-0.39, 0.29) is 52.1 Å². The van der Waals surface area contributed by atoms with E-state index in [4.69, 9.17) is 4.74 Å². The number of carbonyl (C=O) groups excluding carboxylic acids is 1. The van der Waals surface area contributed by atoms with Gasteiger partial charge in [-0.05, 0) is 55.3 Å². The zero-order valence-electron chi connectivity index (χ0n) is 17.0. The summed E-state index contributed by atoms with van der Waals surface area (Å²) >= 11 is 3.63. The minimum absolute atomic E-state index is 0.00924. The number of carbonyl (C=O) groups is 1. The summed E-state index contributed by atoms with van der Waals surface area (Å²) in [4.78, 5) is 11.7. The highest BCUT2D eigenvalue weighted by Crippen LogP contribution is 2.67. The predicted molar refractivity (Wildman–Crippen MR) is 109 cm³/mol. The fraction of sp³-hybridized carbons (Fsp3) is 0.864. The van der Waals surface area contributed by atoms with Crippen molar-refractivity contribution >= 4 is 21.9 Å². The van der Waals surface area contributed by atoms with Crippen LogP contribution in [0.3, 0.4) is 0 Å². The summed E-state index contributed by atoms with van der Waals surface area (Å²) in [5.41, 5.74) is -0.0309. The molecule has 0 bridgehead atoms. The molecule has 5 nitrogen and oxygen atoms in total. The molecule has 28 heavy (non-hydrogen) atoms. The maximum atomic E-state index is 11.7. The molecule has 0 aromatic carbocycles. The molecule has 0 aromatic heterocycles. The van der Waals surface area contributed by atoms with E-state index in [0.29, 0.717) is 19.3 Å². The van der Waals surface area contributed by atoms with E-state index in [1.54, 1.807) is 0 Å². The number of hydrogen-bond donors (Lipinski definition) is 3. The summed E-state index contributed by atoms with van der Waals surface area (Å²) in [6.45, 7) is 5.87. The number of esters is 1. The molecule has 0 unspecified atom stereocenters. The molecular formula is C22H33BrO5. The Bertz CT molecular complexity index is 694. The first-order valence-electron chi connectivity index (χ1n) is 10.6. The van der Waals surface area contributed by atoms with Crippen molar-refractivity contribution in [1.29, 1.82) is 0 Å². The van der Waals surface area contributed by atoms with Crippen molar-refractivity contribution in [2.45, 2.75) is 81.9 Å². The maximum absolute atomic E-state index is 11.7. The third kappa shape index (κ3) is 2.85. The number of ether oxygens (including phenoxy) is 1. The van der Waals surface area contributed by atoms with Crippen molar-refractivity contribution in [1.82, 2.24) is 0 Å². The molecule has 0 aliphatic heterocycles. The fourth-order valence-electron chi connectivity index (χ4n) is 6.99. The zero-order valence-corrected chi connectivity index (χ0v) is 18.6. The SMILES string of the molecule is CC(=O)O[C@@H]1C[C@@]2(C)C3=CC[C@](C)([C@@H](Br)CO)C[C@H]3[C@H](O)C[C@@H]2[C@@]2(O)CC[C@@H]12. The molecule has 4 aliphatic rings. The number of allylic oxidation sites excluding steroid dienone is 1. The maximum Gasteiger partial charge on any atom is 0.302 e. The molecule has 158 valence electrons. The van der Waals surface area contributed by atoms with Crippen LogP contribution in [0.1, 0.15) is 59.3 Å². The molecule has 3 N–H and O–H groups in total. The zero-order chi connectivity index (χ0) is 20.5. The van der Waals surface area contributed by atoms with E-state index in [1.165, 1.54) is 12.5 Å². The molecule has 3 fully saturated rings. The van der Waals surface area contributed by atoms with Crippen LogP contribution in [0.15, 0.2) is 11.6 Å². The molecule has 6 heteroatoms. The second-order valence-electron chi connectivity index (χ2n) is 10.2. The predicted octanol–water partition coefficient (Wildman–Crippen LogP) is 2.95. The first kappa shape index (κ1) is 20.8. The Labute approximate surface area is 175 Å². The van der Waals surface area contributed by atoms with Crippen LogP contribution in [-0.4, -0.2) is 50.5 Å². The van der Waals surface area contributed by atoms with E-state index in [1.807, 2.05) is 0 Å². The summed E-state index contributed by atoms with van der Waals surface area (Å²) in [6, 6.07) is 0. The van der Waals surface area contributed by atoms with Gasteiger partial charge in [0.1, 0.15) is 6.10 Å². The normalized spacial score (nSPS) is 51.0. The van der Waals surface area contributed by atoms with E-state index in [0.717, 1.165) is 19.3 Å². The first-order chi connectivity index (χ1) is 13.0. The van der Waals surface area contributed by atoms with E-state index >= 15 is 0 Å².